The van der Waals surface area contributed by atoms with Crippen molar-refractivity contribution in [1.29, 1.82) is 0 Å². The smallest absolute Gasteiger partial charge is 0.258 e. The van der Waals surface area contributed by atoms with Gasteiger partial charge in [0.05, 0.1) is 13.3 Å². The van der Waals surface area contributed by atoms with E-state index in [0.29, 0.717) is 6.42 Å². The average Bonchev–Trinajstić information content (AvgIpc) is 3.13. The zero-order valence-electron chi connectivity index (χ0n) is 13.4. The van der Waals surface area contributed by atoms with Crippen LogP contribution in [0.2, 0.25) is 0 Å². The van der Waals surface area contributed by atoms with Gasteiger partial charge in [0.2, 0.25) is 0 Å². The summed E-state index contributed by atoms with van der Waals surface area (Å²) in [5, 5.41) is 4.01. The van der Waals surface area contributed by atoms with E-state index in [0.717, 1.165) is 16.9 Å². The van der Waals surface area contributed by atoms with Crippen molar-refractivity contribution in [1.82, 2.24) is 16.3 Å². The molecule has 1 aliphatic heterocycles. The van der Waals surface area contributed by atoms with Crippen molar-refractivity contribution in [3.05, 3.63) is 65.7 Å². The number of carbonyl (C=O) groups is 1. The van der Waals surface area contributed by atoms with Crippen LogP contribution in [-0.2, 0) is 4.79 Å². The molecule has 3 rings (SSSR count). The number of carbonyl (C=O) groups excluding carboxylic acids is 1. The summed E-state index contributed by atoms with van der Waals surface area (Å²) < 4.78 is 5.10. The number of ether oxygens (including phenoxy) is 1. The van der Waals surface area contributed by atoms with Crippen molar-refractivity contribution >= 4 is 12.1 Å². The van der Waals surface area contributed by atoms with E-state index in [1.807, 2.05) is 54.6 Å². The predicted octanol–water partition coefficient (Wildman–Crippen LogP) is 1.75. The lowest BCUT2D eigenvalue weighted by molar-refractivity contribution is -0.122. The third-order valence-electron chi connectivity index (χ3n) is 3.93. The monoisotopic (exact) mass is 324 g/mol. The Morgan fingerprint density at radius 3 is 2.62 bits per heavy atom. The highest BCUT2D eigenvalue weighted by atomic mass is 16.5. The molecule has 1 aliphatic rings. The standard InChI is InChI=1S/C18H20N4O2/c1-24-15-9-7-13(8-10-15)12-19-22-18(23)17-11-16(20-21-17)14-5-3-2-4-6-14/h2-10,12,16-17,20-21H,11H2,1H3,(H,22,23)/b19-12+. The number of methoxy groups -OCH3 is 1. The molecular weight excluding hydrogens is 304 g/mol. The van der Waals surface area contributed by atoms with Crippen LogP contribution in [-0.4, -0.2) is 25.3 Å². The van der Waals surface area contributed by atoms with Crippen molar-refractivity contribution in [3.8, 4) is 5.75 Å². The van der Waals surface area contributed by atoms with Crippen LogP contribution in [0, 0.1) is 0 Å². The van der Waals surface area contributed by atoms with Gasteiger partial charge in [-0.05, 0) is 41.8 Å². The highest BCUT2D eigenvalue weighted by Gasteiger charge is 2.29. The van der Waals surface area contributed by atoms with Gasteiger partial charge >= 0.3 is 0 Å². The molecule has 1 heterocycles. The summed E-state index contributed by atoms with van der Waals surface area (Å²) in [6.45, 7) is 0. The van der Waals surface area contributed by atoms with Crippen LogP contribution in [0.3, 0.4) is 0 Å². The number of nitrogens with zero attached hydrogens (tertiary/aromatic N) is 1. The molecule has 2 aromatic carbocycles. The van der Waals surface area contributed by atoms with Gasteiger partial charge < -0.3 is 4.74 Å². The summed E-state index contributed by atoms with van der Waals surface area (Å²) in [6.07, 6.45) is 2.28. The summed E-state index contributed by atoms with van der Waals surface area (Å²) in [7, 11) is 1.62. The SMILES string of the molecule is COc1ccc(/C=N/NC(=O)C2CC(c3ccccc3)NN2)cc1. The number of nitrogens with one attached hydrogen (secondary N) is 3. The molecule has 24 heavy (non-hydrogen) atoms. The molecule has 6 heteroatoms. The first-order chi connectivity index (χ1) is 11.8. The lowest BCUT2D eigenvalue weighted by Gasteiger charge is -2.08. The van der Waals surface area contributed by atoms with E-state index in [2.05, 4.69) is 21.4 Å². The number of hydrogen-bond donors (Lipinski definition) is 3. The van der Waals surface area contributed by atoms with Gasteiger partial charge in [-0.1, -0.05) is 30.3 Å². The molecule has 0 bridgehead atoms. The van der Waals surface area contributed by atoms with E-state index in [9.17, 15) is 4.79 Å². The Morgan fingerprint density at radius 2 is 1.92 bits per heavy atom. The van der Waals surface area contributed by atoms with Gasteiger partial charge in [-0.25, -0.2) is 16.3 Å². The summed E-state index contributed by atoms with van der Waals surface area (Å²) in [5.41, 5.74) is 10.8. The van der Waals surface area contributed by atoms with Crippen LogP contribution >= 0.6 is 0 Å². The van der Waals surface area contributed by atoms with Crippen LogP contribution in [0.4, 0.5) is 0 Å². The molecule has 2 aromatic rings. The Hall–Kier alpha value is -2.70. The number of benzene rings is 2. The second-order valence-corrected chi connectivity index (χ2v) is 5.55. The van der Waals surface area contributed by atoms with E-state index >= 15 is 0 Å². The molecule has 6 nitrogen and oxygen atoms in total. The summed E-state index contributed by atoms with van der Waals surface area (Å²) in [4.78, 5) is 12.2. The molecule has 2 unspecified atom stereocenters. The fourth-order valence-corrected chi connectivity index (χ4v) is 2.57. The molecule has 3 N–H and O–H groups in total. The second-order valence-electron chi connectivity index (χ2n) is 5.55. The van der Waals surface area contributed by atoms with Gasteiger partial charge in [0.25, 0.3) is 5.91 Å². The van der Waals surface area contributed by atoms with Crippen molar-refractivity contribution in [3.63, 3.8) is 0 Å². The van der Waals surface area contributed by atoms with E-state index < -0.39 is 0 Å². The zero-order valence-corrected chi connectivity index (χ0v) is 13.4. The summed E-state index contributed by atoms with van der Waals surface area (Å²) in [5.74, 6) is 0.620. The molecule has 0 radical (unpaired) electrons. The molecule has 1 amide bonds. The molecule has 0 aliphatic carbocycles. The van der Waals surface area contributed by atoms with Gasteiger partial charge in [0.1, 0.15) is 11.8 Å². The van der Waals surface area contributed by atoms with Crippen molar-refractivity contribution in [2.24, 2.45) is 5.10 Å². The Balaban J connectivity index is 1.51. The van der Waals surface area contributed by atoms with Gasteiger partial charge in [-0.3, -0.25) is 4.79 Å². The third kappa shape index (κ3) is 3.98. The Morgan fingerprint density at radius 1 is 1.17 bits per heavy atom. The minimum Gasteiger partial charge on any atom is -0.497 e. The molecule has 2 atom stereocenters. The van der Waals surface area contributed by atoms with Crippen LogP contribution in [0.25, 0.3) is 0 Å². The number of hydrazine groups is 1. The number of amides is 1. The first-order valence-electron chi connectivity index (χ1n) is 7.79. The molecule has 1 fully saturated rings. The van der Waals surface area contributed by atoms with Gasteiger partial charge in [-0.2, -0.15) is 5.10 Å². The highest BCUT2D eigenvalue weighted by molar-refractivity contribution is 5.85. The third-order valence-corrected chi connectivity index (χ3v) is 3.93. The van der Waals surface area contributed by atoms with Crippen LogP contribution in [0.15, 0.2) is 59.7 Å². The Bertz CT molecular complexity index is 701. The minimum absolute atomic E-state index is 0.118. The van der Waals surface area contributed by atoms with Gasteiger partial charge in [0, 0.05) is 6.04 Å². The lowest BCUT2D eigenvalue weighted by Crippen LogP contribution is -2.41. The number of hydrazone groups is 1. The molecule has 1 saturated heterocycles. The van der Waals surface area contributed by atoms with Gasteiger partial charge in [0.15, 0.2) is 0 Å². The maximum absolute atomic E-state index is 12.2. The highest BCUT2D eigenvalue weighted by Crippen LogP contribution is 2.21. The maximum atomic E-state index is 12.2. The number of hydrogen-bond acceptors (Lipinski definition) is 5. The zero-order chi connectivity index (χ0) is 16.8. The fraction of sp³-hybridized carbons (Fsp3) is 0.222. The van der Waals surface area contributed by atoms with Crippen molar-refractivity contribution < 1.29 is 9.53 Å². The quantitative estimate of drug-likeness (QED) is 0.579. The van der Waals surface area contributed by atoms with E-state index in [1.165, 1.54) is 0 Å². The van der Waals surface area contributed by atoms with E-state index in [-0.39, 0.29) is 18.0 Å². The predicted molar refractivity (Wildman–Crippen MR) is 92.6 cm³/mol. The summed E-state index contributed by atoms with van der Waals surface area (Å²) >= 11 is 0. The largest absolute Gasteiger partial charge is 0.497 e. The van der Waals surface area contributed by atoms with E-state index in [1.54, 1.807) is 13.3 Å². The van der Waals surface area contributed by atoms with E-state index in [4.69, 9.17) is 4.74 Å². The van der Waals surface area contributed by atoms with Crippen LogP contribution in [0.5, 0.6) is 5.75 Å². The Labute approximate surface area is 140 Å². The summed E-state index contributed by atoms with van der Waals surface area (Å²) in [6, 6.07) is 17.3. The van der Waals surface area contributed by atoms with Crippen LogP contribution < -0.4 is 21.0 Å². The Kier molecular flexibility index (Phi) is 5.20. The number of rotatable bonds is 5. The first kappa shape index (κ1) is 16.2. The molecule has 0 saturated carbocycles. The second kappa shape index (κ2) is 7.72. The molecule has 0 aromatic heterocycles. The molecule has 124 valence electrons. The molecular formula is C18H20N4O2. The molecule has 0 spiro atoms. The van der Waals surface area contributed by atoms with Crippen molar-refractivity contribution in [2.45, 2.75) is 18.5 Å². The van der Waals surface area contributed by atoms with Crippen molar-refractivity contribution in [2.75, 3.05) is 7.11 Å². The maximum Gasteiger partial charge on any atom is 0.258 e. The normalized spacial score (nSPS) is 20.2. The van der Waals surface area contributed by atoms with Gasteiger partial charge in [-0.15, -0.1) is 0 Å². The average molecular weight is 324 g/mol. The fourth-order valence-electron chi connectivity index (χ4n) is 2.57. The van der Waals surface area contributed by atoms with Crippen LogP contribution in [0.1, 0.15) is 23.6 Å². The first-order valence-corrected chi connectivity index (χ1v) is 7.79. The minimum atomic E-state index is -0.316. The topological polar surface area (TPSA) is 74.8 Å². The lowest BCUT2D eigenvalue weighted by atomic mass is 10.0.